The maximum absolute atomic E-state index is 11.9. The van der Waals surface area contributed by atoms with Gasteiger partial charge in [0.05, 0.1) is 5.75 Å². The summed E-state index contributed by atoms with van der Waals surface area (Å²) in [5.74, 6) is -1.21. The zero-order chi connectivity index (χ0) is 13.6. The second-order valence-electron chi connectivity index (χ2n) is 3.87. The lowest BCUT2D eigenvalue weighted by molar-refractivity contribution is -0.137. The van der Waals surface area contributed by atoms with E-state index in [0.29, 0.717) is 6.42 Å². The third kappa shape index (κ3) is 4.46. The summed E-state index contributed by atoms with van der Waals surface area (Å²) >= 11 is 0. The average Bonchev–Trinajstić information content (AvgIpc) is 2.34. The van der Waals surface area contributed by atoms with Gasteiger partial charge >= 0.3 is 5.97 Å². The number of aliphatic carboxylic acids is 1. The number of carboxylic acids is 1. The Bertz CT molecular complexity index is 484. The standard InChI is InChI=1S/C12H17NO4S/c1-2-13(10-12(14)15)18(16,17)9-8-11-6-4-3-5-7-11/h3-7H,2,8-10H2,1H3,(H,14,15). The molecule has 0 aliphatic rings. The molecule has 0 unspecified atom stereocenters. The fourth-order valence-electron chi connectivity index (χ4n) is 1.58. The molecule has 0 heterocycles. The smallest absolute Gasteiger partial charge is 0.318 e. The van der Waals surface area contributed by atoms with Gasteiger partial charge in [0.15, 0.2) is 0 Å². The van der Waals surface area contributed by atoms with Crippen molar-refractivity contribution >= 4 is 16.0 Å². The first-order valence-corrected chi connectivity index (χ1v) is 7.30. The van der Waals surface area contributed by atoms with Gasteiger partial charge in [0.1, 0.15) is 6.54 Å². The Labute approximate surface area is 107 Å². The van der Waals surface area contributed by atoms with Gasteiger partial charge < -0.3 is 5.11 Å². The molecule has 5 nitrogen and oxygen atoms in total. The van der Waals surface area contributed by atoms with Crippen molar-refractivity contribution in [1.82, 2.24) is 4.31 Å². The monoisotopic (exact) mass is 271 g/mol. The highest BCUT2D eigenvalue weighted by molar-refractivity contribution is 7.89. The molecule has 6 heteroatoms. The lowest BCUT2D eigenvalue weighted by Crippen LogP contribution is -2.37. The van der Waals surface area contributed by atoms with Crippen molar-refractivity contribution in [2.45, 2.75) is 13.3 Å². The number of carbonyl (C=O) groups is 1. The van der Waals surface area contributed by atoms with Crippen LogP contribution in [0.5, 0.6) is 0 Å². The van der Waals surface area contributed by atoms with E-state index in [1.165, 1.54) is 0 Å². The van der Waals surface area contributed by atoms with Crippen LogP contribution in [0.25, 0.3) is 0 Å². The van der Waals surface area contributed by atoms with Gasteiger partial charge in [-0.1, -0.05) is 37.3 Å². The average molecular weight is 271 g/mol. The van der Waals surface area contributed by atoms with Crippen LogP contribution in [0.15, 0.2) is 30.3 Å². The number of aryl methyl sites for hydroxylation is 1. The van der Waals surface area contributed by atoms with Crippen LogP contribution in [0.3, 0.4) is 0 Å². The summed E-state index contributed by atoms with van der Waals surface area (Å²) in [5, 5.41) is 8.66. The molecule has 0 saturated carbocycles. The van der Waals surface area contributed by atoms with Crippen LogP contribution in [-0.4, -0.2) is 42.6 Å². The molecule has 0 amide bonds. The van der Waals surface area contributed by atoms with Gasteiger partial charge in [0.25, 0.3) is 0 Å². The second-order valence-corrected chi connectivity index (χ2v) is 5.96. The van der Waals surface area contributed by atoms with Gasteiger partial charge in [-0.25, -0.2) is 8.42 Å². The molecule has 1 aromatic rings. The fourth-order valence-corrected chi connectivity index (χ4v) is 3.03. The van der Waals surface area contributed by atoms with E-state index in [1.54, 1.807) is 6.92 Å². The predicted octanol–water partition coefficient (Wildman–Crippen LogP) is 0.965. The van der Waals surface area contributed by atoms with E-state index in [0.717, 1.165) is 9.87 Å². The van der Waals surface area contributed by atoms with Crippen molar-refractivity contribution in [3.05, 3.63) is 35.9 Å². The molecule has 1 rings (SSSR count). The first-order valence-electron chi connectivity index (χ1n) is 5.69. The molecule has 0 saturated heterocycles. The van der Waals surface area contributed by atoms with Crippen LogP contribution < -0.4 is 0 Å². The van der Waals surface area contributed by atoms with Gasteiger partial charge in [0, 0.05) is 6.54 Å². The number of hydrogen-bond acceptors (Lipinski definition) is 3. The minimum Gasteiger partial charge on any atom is -0.480 e. The summed E-state index contributed by atoms with van der Waals surface area (Å²) in [6.45, 7) is 1.32. The van der Waals surface area contributed by atoms with Crippen molar-refractivity contribution < 1.29 is 18.3 Å². The highest BCUT2D eigenvalue weighted by Crippen LogP contribution is 2.06. The third-order valence-corrected chi connectivity index (χ3v) is 4.44. The molecule has 0 spiro atoms. The minimum atomic E-state index is -3.51. The predicted molar refractivity (Wildman–Crippen MR) is 68.8 cm³/mol. The molecule has 0 aromatic heterocycles. The van der Waals surface area contributed by atoms with Crippen molar-refractivity contribution in [1.29, 1.82) is 0 Å². The van der Waals surface area contributed by atoms with Crippen LogP contribution in [-0.2, 0) is 21.2 Å². The molecule has 0 bridgehead atoms. The van der Waals surface area contributed by atoms with E-state index >= 15 is 0 Å². The zero-order valence-electron chi connectivity index (χ0n) is 10.2. The van der Waals surface area contributed by atoms with E-state index in [-0.39, 0.29) is 12.3 Å². The lowest BCUT2D eigenvalue weighted by atomic mass is 10.2. The Morgan fingerprint density at radius 2 is 1.89 bits per heavy atom. The Balaban J connectivity index is 2.66. The maximum atomic E-state index is 11.9. The number of nitrogens with zero attached hydrogens (tertiary/aromatic N) is 1. The molecular formula is C12H17NO4S. The van der Waals surface area contributed by atoms with Crippen LogP contribution in [0.1, 0.15) is 12.5 Å². The van der Waals surface area contributed by atoms with E-state index in [4.69, 9.17) is 5.11 Å². The fraction of sp³-hybridized carbons (Fsp3) is 0.417. The largest absolute Gasteiger partial charge is 0.480 e. The number of likely N-dealkylation sites (N-methyl/N-ethyl adjacent to an activating group) is 1. The zero-order valence-corrected chi connectivity index (χ0v) is 11.1. The normalized spacial score (nSPS) is 11.7. The number of sulfonamides is 1. The van der Waals surface area contributed by atoms with E-state index in [9.17, 15) is 13.2 Å². The first-order chi connectivity index (χ1) is 8.45. The maximum Gasteiger partial charge on any atom is 0.318 e. The van der Waals surface area contributed by atoms with Crippen LogP contribution >= 0.6 is 0 Å². The highest BCUT2D eigenvalue weighted by Gasteiger charge is 2.22. The van der Waals surface area contributed by atoms with Crippen LogP contribution in [0.2, 0.25) is 0 Å². The topological polar surface area (TPSA) is 74.7 Å². The highest BCUT2D eigenvalue weighted by atomic mass is 32.2. The van der Waals surface area contributed by atoms with Crippen LogP contribution in [0.4, 0.5) is 0 Å². The molecule has 0 aliphatic heterocycles. The van der Waals surface area contributed by atoms with Gasteiger partial charge in [-0.15, -0.1) is 0 Å². The minimum absolute atomic E-state index is 0.0713. The molecule has 0 atom stereocenters. The molecule has 0 aliphatic carbocycles. The summed E-state index contributed by atoms with van der Waals surface area (Å²) in [4.78, 5) is 10.6. The van der Waals surface area contributed by atoms with Gasteiger partial charge in [-0.05, 0) is 12.0 Å². The number of hydrogen-bond donors (Lipinski definition) is 1. The van der Waals surface area contributed by atoms with Gasteiger partial charge in [-0.2, -0.15) is 4.31 Å². The molecule has 100 valence electrons. The Hall–Kier alpha value is -1.40. The summed E-state index contributed by atoms with van der Waals surface area (Å²) < 4.78 is 24.9. The summed E-state index contributed by atoms with van der Waals surface area (Å²) in [7, 11) is -3.51. The number of benzene rings is 1. The summed E-state index contributed by atoms with van der Waals surface area (Å²) in [6, 6.07) is 9.25. The first kappa shape index (κ1) is 14.7. The Morgan fingerprint density at radius 1 is 1.28 bits per heavy atom. The lowest BCUT2D eigenvalue weighted by Gasteiger charge is -2.18. The molecule has 0 fully saturated rings. The van der Waals surface area contributed by atoms with Crippen LogP contribution in [0, 0.1) is 0 Å². The number of rotatable bonds is 7. The number of carboxylic acid groups (broad SMARTS) is 1. The summed E-state index contributed by atoms with van der Waals surface area (Å²) in [5.41, 5.74) is 0.924. The van der Waals surface area contributed by atoms with Gasteiger partial charge in [-0.3, -0.25) is 4.79 Å². The van der Waals surface area contributed by atoms with Crippen molar-refractivity contribution in [2.24, 2.45) is 0 Å². The third-order valence-electron chi connectivity index (χ3n) is 2.55. The van der Waals surface area contributed by atoms with Crippen molar-refractivity contribution in [3.63, 3.8) is 0 Å². The molecule has 1 N–H and O–H groups in total. The quantitative estimate of drug-likeness (QED) is 0.801. The van der Waals surface area contributed by atoms with Gasteiger partial charge in [0.2, 0.25) is 10.0 Å². The second kappa shape index (κ2) is 6.51. The summed E-state index contributed by atoms with van der Waals surface area (Å²) in [6.07, 6.45) is 0.388. The Kier molecular flexibility index (Phi) is 5.30. The van der Waals surface area contributed by atoms with Crippen molar-refractivity contribution in [2.75, 3.05) is 18.8 Å². The molecule has 18 heavy (non-hydrogen) atoms. The Morgan fingerprint density at radius 3 is 2.39 bits per heavy atom. The molecular weight excluding hydrogens is 254 g/mol. The van der Waals surface area contributed by atoms with Crippen molar-refractivity contribution in [3.8, 4) is 0 Å². The van der Waals surface area contributed by atoms with E-state index in [1.807, 2.05) is 30.3 Å². The SMILES string of the molecule is CCN(CC(=O)O)S(=O)(=O)CCc1ccccc1. The molecule has 0 radical (unpaired) electrons. The molecule has 1 aromatic carbocycles. The van der Waals surface area contributed by atoms with E-state index in [2.05, 4.69) is 0 Å². The van der Waals surface area contributed by atoms with E-state index < -0.39 is 22.5 Å².